The minimum absolute atomic E-state index is 0.133. The molecule has 0 unspecified atom stereocenters. The van der Waals surface area contributed by atoms with Crippen molar-refractivity contribution in [2.75, 3.05) is 5.32 Å². The average Bonchev–Trinajstić information content (AvgIpc) is 3.40. The molecule has 7 nitrogen and oxygen atoms in total. The van der Waals surface area contributed by atoms with Gasteiger partial charge >= 0.3 is 0 Å². The maximum atomic E-state index is 13.3. The largest absolute Gasteiger partial charge is 0.374 e. The maximum Gasteiger partial charge on any atom is 0.273 e. The number of carbonyl (C=O) groups excluding carboxylic acids is 2. The summed E-state index contributed by atoms with van der Waals surface area (Å²) in [6, 6.07) is 15.1. The first-order chi connectivity index (χ1) is 15.0. The Hall–Kier alpha value is -3.19. The van der Waals surface area contributed by atoms with Crippen molar-refractivity contribution in [3.8, 4) is 0 Å². The van der Waals surface area contributed by atoms with Gasteiger partial charge in [0, 0.05) is 11.1 Å². The lowest BCUT2D eigenvalue weighted by molar-refractivity contribution is -0.122. The molecule has 0 saturated heterocycles. The summed E-state index contributed by atoms with van der Waals surface area (Å²) in [4.78, 5) is 26.3. The molecule has 3 N–H and O–H groups in total. The van der Waals surface area contributed by atoms with E-state index >= 15 is 0 Å². The first-order valence-electron chi connectivity index (χ1n) is 10.7. The van der Waals surface area contributed by atoms with Gasteiger partial charge in [0.05, 0.1) is 18.2 Å². The molecule has 1 saturated carbocycles. The minimum Gasteiger partial charge on any atom is -0.374 e. The second-order valence-electron chi connectivity index (χ2n) is 8.38. The molecule has 1 heterocycles. The first-order valence-corrected chi connectivity index (χ1v) is 10.7. The third-order valence-corrected chi connectivity index (χ3v) is 5.70. The molecule has 0 aliphatic heterocycles. The van der Waals surface area contributed by atoms with Crippen LogP contribution in [0.2, 0.25) is 0 Å². The van der Waals surface area contributed by atoms with Crippen molar-refractivity contribution >= 4 is 28.4 Å². The smallest absolute Gasteiger partial charge is 0.273 e. The van der Waals surface area contributed by atoms with Gasteiger partial charge < -0.3 is 15.4 Å². The minimum atomic E-state index is -0.943. The number of para-hydroxylation sites is 1. The molecule has 0 atom stereocenters. The van der Waals surface area contributed by atoms with Crippen LogP contribution in [0, 0.1) is 0 Å². The number of nitrogens with zero attached hydrogens (tertiary/aromatic N) is 1. The molecule has 2 aromatic carbocycles. The molecule has 162 valence electrons. The van der Waals surface area contributed by atoms with Crippen molar-refractivity contribution < 1.29 is 14.3 Å². The number of hydrogen-bond acceptors (Lipinski definition) is 4. The maximum absolute atomic E-state index is 13.3. The van der Waals surface area contributed by atoms with E-state index in [0.29, 0.717) is 30.8 Å². The summed E-state index contributed by atoms with van der Waals surface area (Å²) in [5.41, 5.74) is 1.83. The van der Waals surface area contributed by atoms with E-state index in [0.717, 1.165) is 29.3 Å². The van der Waals surface area contributed by atoms with Crippen molar-refractivity contribution in [2.45, 2.75) is 57.8 Å². The summed E-state index contributed by atoms with van der Waals surface area (Å²) in [6.07, 6.45) is 3.11. The van der Waals surface area contributed by atoms with Gasteiger partial charge in [-0.3, -0.25) is 14.7 Å². The van der Waals surface area contributed by atoms with Crippen LogP contribution in [0.3, 0.4) is 0 Å². The molecule has 2 amide bonds. The Morgan fingerprint density at radius 3 is 2.68 bits per heavy atom. The number of aromatic amines is 1. The molecule has 4 rings (SSSR count). The van der Waals surface area contributed by atoms with E-state index in [2.05, 4.69) is 20.8 Å². The van der Waals surface area contributed by atoms with Crippen LogP contribution in [0.4, 0.5) is 5.69 Å². The Morgan fingerprint density at radius 1 is 1.13 bits per heavy atom. The second kappa shape index (κ2) is 8.89. The lowest BCUT2D eigenvalue weighted by atomic mass is 9.95. The fraction of sp³-hybridized carbons (Fsp3) is 0.375. The highest BCUT2D eigenvalue weighted by Crippen LogP contribution is 2.32. The Labute approximate surface area is 181 Å². The van der Waals surface area contributed by atoms with Gasteiger partial charge in [0.2, 0.25) is 5.91 Å². The van der Waals surface area contributed by atoms with E-state index in [1.165, 1.54) is 0 Å². The summed E-state index contributed by atoms with van der Waals surface area (Å²) in [5.74, 6) is -0.534. The lowest BCUT2D eigenvalue weighted by Crippen LogP contribution is -2.55. The van der Waals surface area contributed by atoms with Crippen LogP contribution in [0.15, 0.2) is 48.5 Å². The zero-order valence-corrected chi connectivity index (χ0v) is 17.9. The highest BCUT2D eigenvalue weighted by atomic mass is 16.5. The number of carbonyl (C=O) groups is 2. The number of hydrogen-bond donors (Lipinski definition) is 3. The number of fused-ring (bicyclic) bond motifs is 1. The predicted molar refractivity (Wildman–Crippen MR) is 120 cm³/mol. The summed E-state index contributed by atoms with van der Waals surface area (Å²) in [5, 5.41) is 13.8. The number of rotatable bonds is 7. The molecule has 1 fully saturated rings. The summed E-state index contributed by atoms with van der Waals surface area (Å²) >= 11 is 0. The van der Waals surface area contributed by atoms with E-state index in [9.17, 15) is 9.59 Å². The highest BCUT2D eigenvalue weighted by Gasteiger charge is 2.43. The van der Waals surface area contributed by atoms with Gasteiger partial charge in [0.15, 0.2) is 5.69 Å². The highest BCUT2D eigenvalue weighted by molar-refractivity contribution is 6.08. The van der Waals surface area contributed by atoms with Crippen LogP contribution in [-0.4, -0.2) is 33.7 Å². The molecule has 1 aliphatic carbocycles. The number of anilines is 1. The summed E-state index contributed by atoms with van der Waals surface area (Å²) in [7, 11) is 0. The normalized spacial score (nSPS) is 15.3. The zero-order chi connectivity index (χ0) is 21.8. The number of nitrogens with one attached hydrogen (secondary N) is 3. The molecule has 1 aliphatic rings. The Balaban J connectivity index is 1.51. The third kappa shape index (κ3) is 4.61. The fourth-order valence-corrected chi connectivity index (χ4v) is 4.05. The van der Waals surface area contributed by atoms with E-state index in [1.807, 2.05) is 62.4 Å². The van der Waals surface area contributed by atoms with Crippen LogP contribution in [0.25, 0.3) is 10.9 Å². The van der Waals surface area contributed by atoms with Crippen LogP contribution in [0.1, 0.15) is 55.6 Å². The number of ether oxygens (including phenoxy) is 1. The van der Waals surface area contributed by atoms with E-state index in [1.54, 1.807) is 0 Å². The van der Waals surface area contributed by atoms with Crippen LogP contribution >= 0.6 is 0 Å². The van der Waals surface area contributed by atoms with E-state index < -0.39 is 5.54 Å². The fourth-order valence-electron chi connectivity index (χ4n) is 4.05. The molecule has 3 aromatic rings. The monoisotopic (exact) mass is 420 g/mol. The van der Waals surface area contributed by atoms with Crippen LogP contribution < -0.4 is 10.6 Å². The van der Waals surface area contributed by atoms with Crippen LogP contribution in [0.5, 0.6) is 0 Å². The molecular formula is C24H28N4O3. The van der Waals surface area contributed by atoms with Crippen LogP contribution in [-0.2, 0) is 16.1 Å². The van der Waals surface area contributed by atoms with Crippen molar-refractivity contribution in [3.05, 3.63) is 59.8 Å². The summed E-state index contributed by atoms with van der Waals surface area (Å²) < 4.78 is 5.66. The quantitative estimate of drug-likeness (QED) is 0.534. The molecular weight excluding hydrogens is 392 g/mol. The molecule has 7 heteroatoms. The van der Waals surface area contributed by atoms with Gasteiger partial charge in [-0.2, -0.15) is 5.10 Å². The number of aromatic nitrogens is 2. The molecule has 31 heavy (non-hydrogen) atoms. The van der Waals surface area contributed by atoms with E-state index in [4.69, 9.17) is 4.74 Å². The van der Waals surface area contributed by atoms with Gasteiger partial charge in [0.25, 0.3) is 5.91 Å². The zero-order valence-electron chi connectivity index (χ0n) is 17.9. The van der Waals surface area contributed by atoms with Crippen molar-refractivity contribution in [1.82, 2.24) is 15.5 Å². The van der Waals surface area contributed by atoms with E-state index in [-0.39, 0.29) is 17.9 Å². The lowest BCUT2D eigenvalue weighted by Gasteiger charge is -2.29. The Bertz CT molecular complexity index is 1080. The van der Waals surface area contributed by atoms with Gasteiger partial charge in [-0.05, 0) is 50.5 Å². The van der Waals surface area contributed by atoms with Crippen molar-refractivity contribution in [2.24, 2.45) is 0 Å². The predicted octanol–water partition coefficient (Wildman–Crippen LogP) is 4.17. The third-order valence-electron chi connectivity index (χ3n) is 5.70. The molecule has 0 radical (unpaired) electrons. The summed E-state index contributed by atoms with van der Waals surface area (Å²) in [6.45, 7) is 4.46. The standard InChI is InChI=1S/C24H28N4O3/c1-16(2)31-15-17-8-7-9-18(14-17)25-23(30)24(12-5-6-13-24)26-22(29)21-19-10-3-4-11-20(19)27-28-21/h3-4,7-11,14,16H,5-6,12-13,15H2,1-2H3,(H,25,30)(H,26,29)(H,27,28). The van der Waals surface area contributed by atoms with Gasteiger partial charge in [-0.1, -0.05) is 43.2 Å². The Kier molecular flexibility index (Phi) is 6.04. The van der Waals surface area contributed by atoms with Crippen molar-refractivity contribution in [1.29, 1.82) is 0 Å². The van der Waals surface area contributed by atoms with Gasteiger partial charge in [-0.25, -0.2) is 0 Å². The average molecular weight is 421 g/mol. The van der Waals surface area contributed by atoms with Gasteiger partial charge in [-0.15, -0.1) is 0 Å². The molecule has 1 aromatic heterocycles. The Morgan fingerprint density at radius 2 is 1.90 bits per heavy atom. The molecule has 0 spiro atoms. The number of H-pyrrole nitrogens is 1. The number of benzene rings is 2. The second-order valence-corrected chi connectivity index (χ2v) is 8.38. The molecule has 0 bridgehead atoms. The SMILES string of the molecule is CC(C)OCc1cccc(NC(=O)C2(NC(=O)c3n[nH]c4ccccc34)CCCC2)c1. The van der Waals surface area contributed by atoms with Crippen molar-refractivity contribution in [3.63, 3.8) is 0 Å². The topological polar surface area (TPSA) is 96.1 Å². The first kappa shape index (κ1) is 21.1. The number of amides is 2. The van der Waals surface area contributed by atoms with Gasteiger partial charge in [0.1, 0.15) is 5.54 Å².